The highest BCUT2D eigenvalue weighted by Crippen LogP contribution is 2.71. The topological polar surface area (TPSA) is 26.3 Å². The molecule has 3 fully saturated rings. The first-order valence-corrected chi connectivity index (χ1v) is 8.91. The molecule has 0 aliphatic heterocycles. The van der Waals surface area contributed by atoms with Gasteiger partial charge in [-0.2, -0.15) is 0 Å². The van der Waals surface area contributed by atoms with Crippen LogP contribution in [0.1, 0.15) is 66.2 Å². The Labute approximate surface area is 136 Å². The second-order valence-electron chi connectivity index (χ2n) is 8.76. The van der Waals surface area contributed by atoms with Crippen molar-refractivity contribution in [2.75, 3.05) is 0 Å². The molecule has 6 atom stereocenters. The minimum Gasteiger partial charge on any atom is -0.458 e. The van der Waals surface area contributed by atoms with Gasteiger partial charge in [0, 0.05) is 5.41 Å². The highest BCUT2D eigenvalue weighted by molar-refractivity contribution is 5.74. The van der Waals surface area contributed by atoms with Gasteiger partial charge in [-0.15, -0.1) is 0 Å². The molecule has 6 unspecified atom stereocenters. The van der Waals surface area contributed by atoms with Crippen LogP contribution in [0.25, 0.3) is 0 Å². The lowest BCUT2D eigenvalue weighted by Gasteiger charge is -2.48. The van der Waals surface area contributed by atoms with Crippen molar-refractivity contribution in [3.05, 3.63) is 13.8 Å². The standard InChI is InChI=1S/C20H30O2/c1-7-20(12-15-8-9-19(20,6)18(15,4)5)22-17(21)16-11-13(2)10-14(16)3/h2-3,13-16H,7-12H2,1,4-6H3. The van der Waals surface area contributed by atoms with Crippen LogP contribution in [0.4, 0.5) is 0 Å². The Morgan fingerprint density at radius 2 is 1.91 bits per heavy atom. The Morgan fingerprint density at radius 1 is 1.23 bits per heavy atom. The number of ether oxygens (including phenoxy) is 1. The van der Waals surface area contributed by atoms with E-state index in [1.807, 2.05) is 0 Å². The van der Waals surface area contributed by atoms with E-state index < -0.39 is 0 Å². The van der Waals surface area contributed by atoms with Crippen LogP contribution >= 0.6 is 0 Å². The molecule has 3 aliphatic carbocycles. The highest BCUT2D eigenvalue weighted by atomic mass is 16.6. The van der Waals surface area contributed by atoms with Crippen LogP contribution in [0.5, 0.6) is 0 Å². The maximum Gasteiger partial charge on any atom is 0.309 e. The molecule has 0 aromatic heterocycles. The van der Waals surface area contributed by atoms with Gasteiger partial charge < -0.3 is 4.74 Å². The SMILES string of the molecule is [CH]C1CC([CH])C(C(=O)OC2(CC)CC3CCC2(C)C3(C)C)C1. The molecule has 2 bridgehead atoms. The van der Waals surface area contributed by atoms with E-state index in [2.05, 4.69) is 27.7 Å². The summed E-state index contributed by atoms with van der Waals surface area (Å²) >= 11 is 0. The third-order valence-electron chi connectivity index (χ3n) is 7.84. The van der Waals surface area contributed by atoms with Gasteiger partial charge in [0.05, 0.1) is 5.92 Å². The van der Waals surface area contributed by atoms with Gasteiger partial charge in [-0.3, -0.25) is 4.79 Å². The van der Waals surface area contributed by atoms with Gasteiger partial charge in [-0.05, 0) is 75.5 Å². The predicted octanol–water partition coefficient (Wildman–Crippen LogP) is 4.59. The van der Waals surface area contributed by atoms with Crippen LogP contribution in [-0.4, -0.2) is 11.6 Å². The van der Waals surface area contributed by atoms with Crippen molar-refractivity contribution < 1.29 is 9.53 Å². The zero-order valence-corrected chi connectivity index (χ0v) is 14.5. The number of rotatable bonds is 3. The molecule has 22 heavy (non-hydrogen) atoms. The average molecular weight is 302 g/mol. The molecule has 3 saturated carbocycles. The third kappa shape index (κ3) is 1.94. The van der Waals surface area contributed by atoms with Gasteiger partial charge >= 0.3 is 5.97 Å². The fourth-order valence-electron chi connectivity index (χ4n) is 5.80. The summed E-state index contributed by atoms with van der Waals surface area (Å²) in [6.45, 7) is 21.3. The molecule has 0 N–H and O–H groups in total. The van der Waals surface area contributed by atoms with E-state index in [0.717, 1.165) is 25.7 Å². The number of hydrogen-bond acceptors (Lipinski definition) is 2. The van der Waals surface area contributed by atoms with Gasteiger partial charge in [0.15, 0.2) is 0 Å². The molecule has 0 spiro atoms. The molecule has 2 nitrogen and oxygen atoms in total. The number of carbonyl (C=O) groups is 1. The Bertz CT molecular complexity index is 468. The van der Waals surface area contributed by atoms with E-state index >= 15 is 0 Å². The molecule has 3 aliphatic rings. The molecular formula is C20H30O2. The fourth-order valence-corrected chi connectivity index (χ4v) is 5.80. The van der Waals surface area contributed by atoms with Crippen molar-refractivity contribution in [3.63, 3.8) is 0 Å². The summed E-state index contributed by atoms with van der Waals surface area (Å²) in [4.78, 5) is 12.8. The van der Waals surface area contributed by atoms with Crippen LogP contribution < -0.4 is 0 Å². The molecule has 4 radical (unpaired) electrons. The van der Waals surface area contributed by atoms with Gasteiger partial charge in [-0.1, -0.05) is 27.7 Å². The van der Waals surface area contributed by atoms with Crippen molar-refractivity contribution in [2.24, 2.45) is 34.5 Å². The molecule has 0 saturated heterocycles. The van der Waals surface area contributed by atoms with Gasteiger partial charge in [-0.25, -0.2) is 0 Å². The number of esters is 1. The van der Waals surface area contributed by atoms with Crippen LogP contribution in [0.3, 0.4) is 0 Å². The molecule has 0 aromatic rings. The first kappa shape index (κ1) is 16.3. The zero-order chi connectivity index (χ0) is 16.3. The van der Waals surface area contributed by atoms with Crippen molar-refractivity contribution in [1.82, 2.24) is 0 Å². The lowest BCUT2D eigenvalue weighted by Crippen LogP contribution is -2.50. The lowest BCUT2D eigenvalue weighted by atomic mass is 9.63. The summed E-state index contributed by atoms with van der Waals surface area (Å²) in [5, 5.41) is 0. The number of hydrogen-bond donors (Lipinski definition) is 0. The minimum atomic E-state index is -0.317. The first-order valence-electron chi connectivity index (χ1n) is 8.91. The largest absolute Gasteiger partial charge is 0.458 e. The van der Waals surface area contributed by atoms with Crippen molar-refractivity contribution in [2.45, 2.75) is 71.8 Å². The van der Waals surface area contributed by atoms with E-state index in [0.29, 0.717) is 12.3 Å². The molecule has 3 rings (SSSR count). The second kappa shape index (κ2) is 4.98. The quantitative estimate of drug-likeness (QED) is 0.713. The first-order chi connectivity index (χ1) is 10.2. The van der Waals surface area contributed by atoms with E-state index in [9.17, 15) is 4.79 Å². The smallest absolute Gasteiger partial charge is 0.309 e. The lowest BCUT2D eigenvalue weighted by molar-refractivity contribution is -0.185. The summed E-state index contributed by atoms with van der Waals surface area (Å²) in [6.07, 6.45) is 5.71. The van der Waals surface area contributed by atoms with Crippen molar-refractivity contribution in [3.8, 4) is 0 Å². The van der Waals surface area contributed by atoms with E-state index in [-0.39, 0.29) is 40.2 Å². The summed E-state index contributed by atoms with van der Waals surface area (Å²) in [5.74, 6) is 0.230. The Hall–Kier alpha value is -0.530. The average Bonchev–Trinajstić information content (AvgIpc) is 2.95. The van der Waals surface area contributed by atoms with Crippen molar-refractivity contribution >= 4 is 5.97 Å². The number of fused-ring (bicyclic) bond motifs is 2. The third-order valence-corrected chi connectivity index (χ3v) is 7.84. The zero-order valence-electron chi connectivity index (χ0n) is 14.5. The Kier molecular flexibility index (Phi) is 3.70. The summed E-state index contributed by atoms with van der Waals surface area (Å²) in [5.41, 5.74) is -0.0136. The summed E-state index contributed by atoms with van der Waals surface area (Å²) in [6, 6.07) is 0. The summed E-state index contributed by atoms with van der Waals surface area (Å²) < 4.78 is 6.25. The molecule has 0 amide bonds. The monoisotopic (exact) mass is 302 g/mol. The van der Waals surface area contributed by atoms with Crippen LogP contribution in [-0.2, 0) is 9.53 Å². The maximum absolute atomic E-state index is 12.8. The van der Waals surface area contributed by atoms with E-state index in [4.69, 9.17) is 18.6 Å². The van der Waals surface area contributed by atoms with Gasteiger partial charge in [0.1, 0.15) is 5.60 Å². The second-order valence-corrected chi connectivity index (χ2v) is 8.76. The number of carbonyl (C=O) groups excluding carboxylic acids is 1. The predicted molar refractivity (Wildman–Crippen MR) is 86.6 cm³/mol. The maximum atomic E-state index is 12.8. The molecule has 2 heteroatoms. The summed E-state index contributed by atoms with van der Waals surface area (Å²) in [7, 11) is 0. The normalized spacial score (nSPS) is 49.5. The minimum absolute atomic E-state index is 0.0391. The van der Waals surface area contributed by atoms with E-state index in [1.54, 1.807) is 0 Å². The molecule has 0 aromatic carbocycles. The Morgan fingerprint density at radius 3 is 2.32 bits per heavy atom. The van der Waals surface area contributed by atoms with Gasteiger partial charge in [0.2, 0.25) is 0 Å². The van der Waals surface area contributed by atoms with Crippen LogP contribution in [0, 0.1) is 48.3 Å². The molecule has 122 valence electrons. The van der Waals surface area contributed by atoms with Crippen LogP contribution in [0.15, 0.2) is 0 Å². The van der Waals surface area contributed by atoms with Gasteiger partial charge in [0.25, 0.3) is 0 Å². The Balaban J connectivity index is 1.83. The molecular weight excluding hydrogens is 272 g/mol. The highest BCUT2D eigenvalue weighted by Gasteiger charge is 2.70. The molecule has 0 heterocycles. The fraction of sp³-hybridized carbons (Fsp3) is 0.850. The van der Waals surface area contributed by atoms with Crippen molar-refractivity contribution in [1.29, 1.82) is 0 Å². The van der Waals surface area contributed by atoms with E-state index in [1.165, 1.54) is 6.42 Å². The van der Waals surface area contributed by atoms with Crippen LogP contribution in [0.2, 0.25) is 0 Å².